The fourth-order valence-corrected chi connectivity index (χ4v) is 0.984. The van der Waals surface area contributed by atoms with E-state index in [1.807, 2.05) is 0 Å². The highest BCUT2D eigenvalue weighted by atomic mass is 19.1. The lowest BCUT2D eigenvalue weighted by Crippen LogP contribution is -1.95. The Morgan fingerprint density at radius 1 is 1.23 bits per heavy atom. The second kappa shape index (κ2) is 3.35. The Morgan fingerprint density at radius 3 is 2.38 bits per heavy atom. The molecule has 0 saturated carbocycles. The number of halogens is 1. The average Bonchev–Trinajstić information content (AvgIpc) is 2.08. The Hall–Kier alpha value is -1.71. The standard InChI is InChI=1S/C9H9FO3/c1-5-6(8(11)9(12)13)3-2-4-7(5)10/h2-4,11-13H,1H3. The second-order valence-corrected chi connectivity index (χ2v) is 2.58. The molecule has 0 amide bonds. The van der Waals surface area contributed by atoms with Crippen molar-refractivity contribution in [1.82, 2.24) is 0 Å². The minimum atomic E-state index is -1.21. The van der Waals surface area contributed by atoms with Crippen molar-refractivity contribution in [2.45, 2.75) is 6.92 Å². The van der Waals surface area contributed by atoms with E-state index in [1.165, 1.54) is 25.1 Å². The Morgan fingerprint density at radius 2 is 1.85 bits per heavy atom. The first-order valence-corrected chi connectivity index (χ1v) is 3.60. The molecular formula is C9H9FO3. The number of aliphatic hydroxyl groups excluding tert-OH is 2. The smallest absolute Gasteiger partial charge is 0.318 e. The van der Waals surface area contributed by atoms with E-state index in [1.54, 1.807) is 0 Å². The van der Waals surface area contributed by atoms with Gasteiger partial charge in [-0.15, -0.1) is 0 Å². The number of rotatable bonds is 1. The number of hydrogen-bond acceptors (Lipinski definition) is 3. The molecule has 3 nitrogen and oxygen atoms in total. The van der Waals surface area contributed by atoms with E-state index in [9.17, 15) is 4.39 Å². The highest BCUT2D eigenvalue weighted by molar-refractivity contribution is 5.61. The second-order valence-electron chi connectivity index (χ2n) is 2.58. The van der Waals surface area contributed by atoms with Crippen LogP contribution in [0.3, 0.4) is 0 Å². The topological polar surface area (TPSA) is 60.7 Å². The molecule has 1 aromatic carbocycles. The van der Waals surface area contributed by atoms with Gasteiger partial charge in [0.25, 0.3) is 0 Å². The van der Waals surface area contributed by atoms with Crippen LogP contribution < -0.4 is 0 Å². The molecule has 1 aromatic rings. The van der Waals surface area contributed by atoms with Crippen LogP contribution in [0.15, 0.2) is 24.1 Å². The third-order valence-corrected chi connectivity index (χ3v) is 1.73. The van der Waals surface area contributed by atoms with E-state index in [2.05, 4.69) is 0 Å². The zero-order chi connectivity index (χ0) is 10.0. The molecule has 1 rings (SSSR count). The van der Waals surface area contributed by atoms with Crippen molar-refractivity contribution in [3.63, 3.8) is 0 Å². The van der Waals surface area contributed by atoms with Crippen molar-refractivity contribution in [3.8, 4) is 0 Å². The normalized spacial score (nSPS) is 9.69. The Bertz CT molecular complexity index is 354. The summed E-state index contributed by atoms with van der Waals surface area (Å²) in [5.41, 5.74) is 0.237. The third kappa shape index (κ3) is 1.72. The van der Waals surface area contributed by atoms with Crippen molar-refractivity contribution < 1.29 is 19.7 Å². The fourth-order valence-electron chi connectivity index (χ4n) is 0.984. The summed E-state index contributed by atoms with van der Waals surface area (Å²) in [6.07, 6.45) is 0. The molecule has 0 bridgehead atoms. The molecular weight excluding hydrogens is 175 g/mol. The molecule has 0 aliphatic carbocycles. The maximum atomic E-state index is 12.9. The van der Waals surface area contributed by atoms with Crippen LogP contribution in [-0.2, 0) is 0 Å². The Labute approximate surface area is 74.4 Å². The molecule has 0 aliphatic rings. The number of aliphatic hydroxyl groups is 3. The molecule has 3 N–H and O–H groups in total. The summed E-state index contributed by atoms with van der Waals surface area (Å²) in [5.74, 6) is -2.45. The molecule has 0 aliphatic heterocycles. The first-order valence-electron chi connectivity index (χ1n) is 3.60. The molecule has 0 spiro atoms. The molecule has 0 saturated heterocycles. The van der Waals surface area contributed by atoms with Crippen molar-refractivity contribution in [1.29, 1.82) is 0 Å². The molecule has 0 fully saturated rings. The lowest BCUT2D eigenvalue weighted by molar-refractivity contribution is 0.181. The SMILES string of the molecule is Cc1c(F)cccc1C(O)=C(O)O. The summed E-state index contributed by atoms with van der Waals surface area (Å²) < 4.78 is 12.9. The van der Waals surface area contributed by atoms with E-state index < -0.39 is 17.5 Å². The summed E-state index contributed by atoms with van der Waals surface area (Å²) in [6, 6.07) is 3.98. The predicted molar refractivity (Wildman–Crippen MR) is 45.9 cm³/mol. The van der Waals surface area contributed by atoms with Gasteiger partial charge in [0, 0.05) is 5.56 Å². The van der Waals surface area contributed by atoms with Gasteiger partial charge >= 0.3 is 5.95 Å². The van der Waals surface area contributed by atoms with Crippen molar-refractivity contribution in [3.05, 3.63) is 41.1 Å². The molecule has 0 heterocycles. The van der Waals surface area contributed by atoms with Crippen LogP contribution in [0.25, 0.3) is 5.76 Å². The van der Waals surface area contributed by atoms with Crippen LogP contribution in [-0.4, -0.2) is 15.3 Å². The predicted octanol–water partition coefficient (Wildman–Crippen LogP) is 2.43. The van der Waals surface area contributed by atoms with E-state index >= 15 is 0 Å². The van der Waals surface area contributed by atoms with Gasteiger partial charge in [0.15, 0.2) is 0 Å². The maximum absolute atomic E-state index is 12.9. The van der Waals surface area contributed by atoms with E-state index in [4.69, 9.17) is 15.3 Å². The van der Waals surface area contributed by atoms with Gasteiger partial charge in [0.05, 0.1) is 0 Å². The van der Waals surface area contributed by atoms with Crippen molar-refractivity contribution >= 4 is 5.76 Å². The van der Waals surface area contributed by atoms with Crippen LogP contribution in [0.1, 0.15) is 11.1 Å². The van der Waals surface area contributed by atoms with Gasteiger partial charge in [0.2, 0.25) is 5.76 Å². The van der Waals surface area contributed by atoms with Crippen LogP contribution in [0.2, 0.25) is 0 Å². The molecule has 0 aromatic heterocycles. The number of benzene rings is 1. The zero-order valence-corrected chi connectivity index (χ0v) is 6.95. The summed E-state index contributed by atoms with van der Waals surface area (Å²) in [4.78, 5) is 0. The summed E-state index contributed by atoms with van der Waals surface area (Å²) >= 11 is 0. The Balaban J connectivity index is 3.32. The summed E-state index contributed by atoms with van der Waals surface area (Å²) in [6.45, 7) is 1.43. The highest BCUT2D eigenvalue weighted by Gasteiger charge is 2.10. The lowest BCUT2D eigenvalue weighted by atomic mass is 10.1. The third-order valence-electron chi connectivity index (χ3n) is 1.73. The molecule has 13 heavy (non-hydrogen) atoms. The Kier molecular flexibility index (Phi) is 2.41. The molecule has 0 radical (unpaired) electrons. The fraction of sp³-hybridized carbons (Fsp3) is 0.111. The maximum Gasteiger partial charge on any atom is 0.318 e. The minimum Gasteiger partial charge on any atom is -0.502 e. The average molecular weight is 184 g/mol. The van der Waals surface area contributed by atoms with Crippen LogP contribution in [0.5, 0.6) is 0 Å². The summed E-state index contributed by atoms with van der Waals surface area (Å²) in [7, 11) is 0. The van der Waals surface area contributed by atoms with E-state index in [0.29, 0.717) is 0 Å². The summed E-state index contributed by atoms with van der Waals surface area (Å²) in [5, 5.41) is 26.2. The van der Waals surface area contributed by atoms with Gasteiger partial charge in [-0.1, -0.05) is 12.1 Å². The van der Waals surface area contributed by atoms with E-state index in [-0.39, 0.29) is 11.1 Å². The van der Waals surface area contributed by atoms with E-state index in [0.717, 1.165) is 0 Å². The molecule has 0 unspecified atom stereocenters. The molecule has 4 heteroatoms. The number of hydrogen-bond donors (Lipinski definition) is 3. The van der Waals surface area contributed by atoms with Crippen LogP contribution in [0, 0.1) is 12.7 Å². The first kappa shape index (κ1) is 9.38. The lowest BCUT2D eigenvalue weighted by Gasteiger charge is -2.04. The van der Waals surface area contributed by atoms with Gasteiger partial charge in [-0.05, 0) is 18.6 Å². The monoisotopic (exact) mass is 184 g/mol. The van der Waals surface area contributed by atoms with Crippen LogP contribution in [0.4, 0.5) is 4.39 Å². The quantitative estimate of drug-likeness (QED) is 0.587. The van der Waals surface area contributed by atoms with Gasteiger partial charge in [-0.2, -0.15) is 0 Å². The van der Waals surface area contributed by atoms with Gasteiger partial charge in [-0.3, -0.25) is 0 Å². The zero-order valence-electron chi connectivity index (χ0n) is 6.95. The van der Waals surface area contributed by atoms with Crippen LogP contribution >= 0.6 is 0 Å². The van der Waals surface area contributed by atoms with Crippen molar-refractivity contribution in [2.24, 2.45) is 0 Å². The van der Waals surface area contributed by atoms with Gasteiger partial charge in [-0.25, -0.2) is 4.39 Å². The van der Waals surface area contributed by atoms with Gasteiger partial charge in [0.1, 0.15) is 5.82 Å². The largest absolute Gasteiger partial charge is 0.502 e. The highest BCUT2D eigenvalue weighted by Crippen LogP contribution is 2.19. The first-order chi connectivity index (χ1) is 6.04. The van der Waals surface area contributed by atoms with Crippen molar-refractivity contribution in [2.75, 3.05) is 0 Å². The van der Waals surface area contributed by atoms with Gasteiger partial charge < -0.3 is 15.3 Å². The molecule has 0 atom stereocenters. The minimum absolute atomic E-state index is 0.0694. The molecule has 70 valence electrons.